The highest BCUT2D eigenvalue weighted by Gasteiger charge is 2.27. The fourth-order valence-electron chi connectivity index (χ4n) is 0.770. The number of non-ortho nitro benzene ring substituents is 1. The minimum atomic E-state index is -3.81. The van der Waals surface area contributed by atoms with Gasteiger partial charge < -0.3 is 4.74 Å². The number of benzene rings is 1. The molecule has 76 valence electrons. The number of nitro groups is 1. The summed E-state index contributed by atoms with van der Waals surface area (Å²) in [4.78, 5) is 9.54. The van der Waals surface area contributed by atoms with Crippen molar-refractivity contribution < 1.29 is 18.4 Å². The van der Waals surface area contributed by atoms with Gasteiger partial charge in [0.05, 0.1) is 4.92 Å². The minimum absolute atomic E-state index is 0.213. The third-order valence-electron chi connectivity index (χ3n) is 1.28. The van der Waals surface area contributed by atoms with Gasteiger partial charge in [-0.1, -0.05) is 0 Å². The molecule has 0 aromatic heterocycles. The summed E-state index contributed by atoms with van der Waals surface area (Å²) in [5, 5.41) is 10.2. The van der Waals surface area contributed by atoms with Gasteiger partial charge in [0, 0.05) is 23.7 Å². The molecular formula is C7H4ClF2NO3. The molecule has 0 radical (unpaired) electrons. The first kappa shape index (κ1) is 10.6. The van der Waals surface area contributed by atoms with E-state index in [-0.39, 0.29) is 11.4 Å². The van der Waals surface area contributed by atoms with Crippen molar-refractivity contribution in [2.24, 2.45) is 0 Å². The molecular weight excluding hydrogens is 220 g/mol. The minimum Gasteiger partial charge on any atom is -0.420 e. The van der Waals surface area contributed by atoms with Crippen molar-refractivity contribution in [3.63, 3.8) is 0 Å². The summed E-state index contributed by atoms with van der Waals surface area (Å²) in [7, 11) is 0. The number of nitro benzene ring substituents is 1. The van der Waals surface area contributed by atoms with Gasteiger partial charge in [-0.2, -0.15) is 0 Å². The van der Waals surface area contributed by atoms with Crippen LogP contribution in [0.2, 0.25) is 0 Å². The molecule has 1 aromatic rings. The standard InChI is InChI=1S/C7H4ClF2NO3/c8-7(9,10)14-6-3-1-5(2-4-6)11(12)13/h1-4H. The number of ether oxygens (including phenoxy) is 1. The van der Waals surface area contributed by atoms with Crippen molar-refractivity contribution in [3.05, 3.63) is 34.4 Å². The second kappa shape index (κ2) is 3.75. The largest absolute Gasteiger partial charge is 0.487 e. The summed E-state index contributed by atoms with van der Waals surface area (Å²) >= 11 is 4.48. The van der Waals surface area contributed by atoms with E-state index in [0.717, 1.165) is 24.3 Å². The molecule has 0 atom stereocenters. The topological polar surface area (TPSA) is 52.4 Å². The lowest BCUT2D eigenvalue weighted by Gasteiger charge is -2.09. The smallest absolute Gasteiger partial charge is 0.420 e. The van der Waals surface area contributed by atoms with Crippen LogP contribution in [0.15, 0.2) is 24.3 Å². The van der Waals surface area contributed by atoms with Crippen molar-refractivity contribution in [2.75, 3.05) is 0 Å². The number of alkyl halides is 3. The second-order valence-electron chi connectivity index (χ2n) is 2.30. The van der Waals surface area contributed by atoms with Gasteiger partial charge in [-0.25, -0.2) is 0 Å². The van der Waals surface area contributed by atoms with Gasteiger partial charge in [-0.15, -0.1) is 8.78 Å². The fourth-order valence-corrected chi connectivity index (χ4v) is 0.859. The molecule has 7 heteroatoms. The average molecular weight is 224 g/mol. The Morgan fingerprint density at radius 3 is 2.21 bits per heavy atom. The fraction of sp³-hybridized carbons (Fsp3) is 0.143. The second-order valence-corrected chi connectivity index (χ2v) is 2.74. The molecule has 0 heterocycles. The highest BCUT2D eigenvalue weighted by molar-refractivity contribution is 6.20. The SMILES string of the molecule is O=[N+]([O-])c1ccc(OC(F)(F)Cl)cc1. The lowest BCUT2D eigenvalue weighted by molar-refractivity contribution is -0.384. The van der Waals surface area contributed by atoms with Crippen LogP contribution in [0, 0.1) is 10.1 Å². The van der Waals surface area contributed by atoms with Crippen LogP contribution in [0.5, 0.6) is 5.75 Å². The Morgan fingerprint density at radius 1 is 1.36 bits per heavy atom. The van der Waals surface area contributed by atoms with Gasteiger partial charge in [-0.05, 0) is 12.1 Å². The number of nitrogens with zero attached hydrogens (tertiary/aromatic N) is 1. The summed E-state index contributed by atoms with van der Waals surface area (Å²) < 4.78 is 28.1. The summed E-state index contributed by atoms with van der Waals surface area (Å²) in [6.07, 6.45) is 0. The van der Waals surface area contributed by atoms with E-state index in [4.69, 9.17) is 0 Å². The number of rotatable bonds is 3. The Hall–Kier alpha value is -1.43. The Morgan fingerprint density at radius 2 is 1.86 bits per heavy atom. The molecule has 1 rings (SSSR count). The van der Waals surface area contributed by atoms with Crippen molar-refractivity contribution >= 4 is 17.3 Å². The molecule has 1 aromatic carbocycles. The van der Waals surface area contributed by atoms with Crippen LogP contribution in [0.25, 0.3) is 0 Å². The molecule has 4 nitrogen and oxygen atoms in total. The molecule has 0 fully saturated rings. The Balaban J connectivity index is 2.79. The van der Waals surface area contributed by atoms with E-state index in [2.05, 4.69) is 16.3 Å². The molecule has 0 aliphatic carbocycles. The van der Waals surface area contributed by atoms with E-state index < -0.39 is 10.5 Å². The zero-order chi connectivity index (χ0) is 10.8. The van der Waals surface area contributed by atoms with Crippen LogP contribution >= 0.6 is 11.6 Å². The monoisotopic (exact) mass is 223 g/mol. The lowest BCUT2D eigenvalue weighted by atomic mass is 10.3. The quantitative estimate of drug-likeness (QED) is 0.450. The average Bonchev–Trinajstić information content (AvgIpc) is 2.02. The lowest BCUT2D eigenvalue weighted by Crippen LogP contribution is -2.15. The first-order valence-corrected chi connectivity index (χ1v) is 3.76. The molecule has 0 aliphatic heterocycles. The van der Waals surface area contributed by atoms with E-state index in [9.17, 15) is 18.9 Å². The molecule has 0 unspecified atom stereocenters. The maximum atomic E-state index is 12.1. The van der Waals surface area contributed by atoms with Crippen LogP contribution in [-0.4, -0.2) is 10.5 Å². The van der Waals surface area contributed by atoms with Gasteiger partial charge in [0.2, 0.25) is 0 Å². The molecule has 0 bridgehead atoms. The molecule has 0 saturated heterocycles. The van der Waals surface area contributed by atoms with E-state index in [1.54, 1.807) is 0 Å². The van der Waals surface area contributed by atoms with Crippen LogP contribution < -0.4 is 4.74 Å². The molecule has 0 aliphatic rings. The van der Waals surface area contributed by atoms with Crippen LogP contribution in [0.1, 0.15) is 0 Å². The first-order chi connectivity index (χ1) is 6.38. The summed E-state index contributed by atoms with van der Waals surface area (Å²) in [6.45, 7) is 0. The van der Waals surface area contributed by atoms with Gasteiger partial charge in [-0.3, -0.25) is 10.1 Å². The zero-order valence-electron chi connectivity index (χ0n) is 6.62. The number of hydrogen-bond acceptors (Lipinski definition) is 3. The summed E-state index contributed by atoms with van der Waals surface area (Å²) in [6, 6.07) is 4.15. The van der Waals surface area contributed by atoms with Crippen molar-refractivity contribution in [2.45, 2.75) is 5.57 Å². The Bertz CT molecular complexity index is 336. The number of halogens is 3. The summed E-state index contributed by atoms with van der Waals surface area (Å²) in [5.74, 6) is -0.240. The van der Waals surface area contributed by atoms with Gasteiger partial charge in [0.25, 0.3) is 5.69 Å². The third kappa shape index (κ3) is 3.14. The van der Waals surface area contributed by atoms with Crippen molar-refractivity contribution in [1.29, 1.82) is 0 Å². The van der Waals surface area contributed by atoms with Gasteiger partial charge in [0.15, 0.2) is 0 Å². The molecule has 0 N–H and O–H groups in total. The molecule has 14 heavy (non-hydrogen) atoms. The number of hydrogen-bond donors (Lipinski definition) is 0. The zero-order valence-corrected chi connectivity index (χ0v) is 7.37. The Kier molecular flexibility index (Phi) is 2.85. The van der Waals surface area contributed by atoms with E-state index in [1.807, 2.05) is 0 Å². The third-order valence-corrected chi connectivity index (χ3v) is 1.36. The highest BCUT2D eigenvalue weighted by atomic mass is 35.5. The van der Waals surface area contributed by atoms with Gasteiger partial charge in [0.1, 0.15) is 5.75 Å². The molecule has 0 spiro atoms. The predicted molar refractivity (Wildman–Crippen MR) is 44.5 cm³/mol. The van der Waals surface area contributed by atoms with E-state index in [1.165, 1.54) is 0 Å². The van der Waals surface area contributed by atoms with Gasteiger partial charge >= 0.3 is 5.57 Å². The molecule has 0 amide bonds. The molecule has 0 saturated carbocycles. The van der Waals surface area contributed by atoms with Crippen molar-refractivity contribution in [1.82, 2.24) is 0 Å². The van der Waals surface area contributed by atoms with Crippen LogP contribution in [-0.2, 0) is 0 Å². The van der Waals surface area contributed by atoms with Crippen LogP contribution in [0.3, 0.4) is 0 Å². The normalized spacial score (nSPS) is 11.1. The summed E-state index contributed by atoms with van der Waals surface area (Å²) in [5.41, 5.74) is -4.02. The van der Waals surface area contributed by atoms with Crippen LogP contribution in [0.4, 0.5) is 14.5 Å². The van der Waals surface area contributed by atoms with E-state index >= 15 is 0 Å². The first-order valence-electron chi connectivity index (χ1n) is 3.39. The van der Waals surface area contributed by atoms with E-state index in [0.29, 0.717) is 0 Å². The predicted octanol–water partition coefficient (Wildman–Crippen LogP) is 2.76. The van der Waals surface area contributed by atoms with Crippen molar-refractivity contribution in [3.8, 4) is 5.75 Å². The maximum absolute atomic E-state index is 12.1. The maximum Gasteiger partial charge on any atom is 0.487 e. The highest BCUT2D eigenvalue weighted by Crippen LogP contribution is 2.26. The Labute approximate surface area is 82.2 Å².